The van der Waals surface area contributed by atoms with Gasteiger partial charge in [-0.2, -0.15) is 0 Å². The predicted octanol–water partition coefficient (Wildman–Crippen LogP) is 3.95. The van der Waals surface area contributed by atoms with E-state index >= 15 is 0 Å². The van der Waals surface area contributed by atoms with E-state index in [0.29, 0.717) is 6.07 Å². The number of nitrogens with one attached hydrogen (secondary N) is 1. The first-order chi connectivity index (χ1) is 7.45. The highest BCUT2D eigenvalue weighted by Crippen LogP contribution is 2.21. The van der Waals surface area contributed by atoms with Gasteiger partial charge in [0.15, 0.2) is 11.6 Å². The van der Waals surface area contributed by atoms with E-state index in [9.17, 15) is 13.2 Å². The molecule has 0 amide bonds. The quantitative estimate of drug-likeness (QED) is 0.773. The molecule has 1 unspecified atom stereocenters. The Hall–Kier alpha value is -1.19. The van der Waals surface area contributed by atoms with Crippen molar-refractivity contribution >= 4 is 5.69 Å². The third-order valence-electron chi connectivity index (χ3n) is 2.60. The fraction of sp³-hybridized carbons (Fsp3) is 0.500. The normalized spacial score (nSPS) is 12.9. The van der Waals surface area contributed by atoms with Crippen molar-refractivity contribution in [3.63, 3.8) is 0 Å². The van der Waals surface area contributed by atoms with E-state index in [-0.39, 0.29) is 17.6 Å². The van der Waals surface area contributed by atoms with Gasteiger partial charge in [-0.15, -0.1) is 0 Å². The molecule has 1 aromatic rings. The fourth-order valence-electron chi connectivity index (χ4n) is 1.57. The molecule has 0 fully saturated rings. The molecule has 1 aromatic carbocycles. The lowest BCUT2D eigenvalue weighted by Gasteiger charge is -2.22. The van der Waals surface area contributed by atoms with Gasteiger partial charge in [-0.05, 0) is 12.3 Å². The molecule has 1 rings (SSSR count). The Morgan fingerprint density at radius 2 is 1.62 bits per heavy atom. The molecule has 0 aliphatic rings. The molecule has 4 heteroatoms. The Labute approximate surface area is 93.7 Å². The second kappa shape index (κ2) is 5.23. The van der Waals surface area contributed by atoms with Crippen LogP contribution in [-0.2, 0) is 0 Å². The monoisotopic (exact) mass is 231 g/mol. The highest BCUT2D eigenvalue weighted by Gasteiger charge is 2.15. The minimum absolute atomic E-state index is 0.0134. The summed E-state index contributed by atoms with van der Waals surface area (Å²) in [7, 11) is 0. The van der Waals surface area contributed by atoms with Crippen LogP contribution in [0.2, 0.25) is 0 Å². The molecule has 1 N–H and O–H groups in total. The molecule has 16 heavy (non-hydrogen) atoms. The first-order valence-electron chi connectivity index (χ1n) is 5.36. The van der Waals surface area contributed by atoms with Crippen molar-refractivity contribution in [2.45, 2.75) is 33.2 Å². The van der Waals surface area contributed by atoms with Crippen LogP contribution in [0.25, 0.3) is 0 Å². The summed E-state index contributed by atoms with van der Waals surface area (Å²) < 4.78 is 38.9. The molecule has 0 heterocycles. The molecule has 0 bridgehead atoms. The molecular weight excluding hydrogens is 215 g/mol. The van der Waals surface area contributed by atoms with Crippen molar-refractivity contribution in [2.24, 2.45) is 5.92 Å². The van der Waals surface area contributed by atoms with E-state index < -0.39 is 17.5 Å². The van der Waals surface area contributed by atoms with Gasteiger partial charge < -0.3 is 5.32 Å². The maximum atomic E-state index is 13.3. The maximum Gasteiger partial charge on any atom is 0.161 e. The first kappa shape index (κ1) is 12.9. The van der Waals surface area contributed by atoms with Crippen molar-refractivity contribution in [2.75, 3.05) is 5.32 Å². The summed E-state index contributed by atoms with van der Waals surface area (Å²) >= 11 is 0. The minimum atomic E-state index is -1.17. The molecule has 90 valence electrons. The summed E-state index contributed by atoms with van der Waals surface area (Å²) in [5.74, 6) is -2.68. The van der Waals surface area contributed by atoms with E-state index in [1.807, 2.05) is 20.8 Å². The van der Waals surface area contributed by atoms with Gasteiger partial charge in [0.25, 0.3) is 0 Å². The number of rotatable bonds is 4. The van der Waals surface area contributed by atoms with Crippen LogP contribution >= 0.6 is 0 Å². The van der Waals surface area contributed by atoms with Gasteiger partial charge in [-0.1, -0.05) is 20.8 Å². The van der Waals surface area contributed by atoms with Gasteiger partial charge in [0.2, 0.25) is 0 Å². The number of benzene rings is 1. The topological polar surface area (TPSA) is 12.0 Å². The van der Waals surface area contributed by atoms with E-state index in [4.69, 9.17) is 0 Å². The van der Waals surface area contributed by atoms with E-state index in [0.717, 1.165) is 12.5 Å². The van der Waals surface area contributed by atoms with Crippen molar-refractivity contribution in [1.29, 1.82) is 0 Å². The number of anilines is 1. The summed E-state index contributed by atoms with van der Waals surface area (Å²) in [4.78, 5) is 0. The van der Waals surface area contributed by atoms with Crippen molar-refractivity contribution < 1.29 is 13.2 Å². The van der Waals surface area contributed by atoms with Gasteiger partial charge in [0.05, 0.1) is 5.69 Å². The third kappa shape index (κ3) is 2.90. The Morgan fingerprint density at radius 1 is 1.06 bits per heavy atom. The molecular formula is C12H16F3N. The van der Waals surface area contributed by atoms with Gasteiger partial charge in [-0.25, -0.2) is 13.2 Å². The Kier molecular flexibility index (Phi) is 4.21. The molecule has 0 aromatic heterocycles. The second-order valence-electron chi connectivity index (χ2n) is 4.15. The Morgan fingerprint density at radius 3 is 2.12 bits per heavy atom. The van der Waals surface area contributed by atoms with Crippen LogP contribution < -0.4 is 5.32 Å². The van der Waals surface area contributed by atoms with Crippen LogP contribution in [0.5, 0.6) is 0 Å². The zero-order valence-electron chi connectivity index (χ0n) is 9.65. The predicted molar refractivity (Wildman–Crippen MR) is 58.9 cm³/mol. The van der Waals surface area contributed by atoms with Gasteiger partial charge >= 0.3 is 0 Å². The lowest BCUT2D eigenvalue weighted by Crippen LogP contribution is -2.25. The summed E-state index contributed by atoms with van der Waals surface area (Å²) in [6.45, 7) is 5.92. The maximum absolute atomic E-state index is 13.3. The molecule has 0 aliphatic heterocycles. The third-order valence-corrected chi connectivity index (χ3v) is 2.60. The average molecular weight is 231 g/mol. The standard InChI is InChI=1S/C12H16F3N/c1-4-11(7(2)3)16-12-6-9(14)8(13)5-10(12)15/h5-7,11,16H,4H2,1-3H3. The highest BCUT2D eigenvalue weighted by molar-refractivity contribution is 5.46. The number of halogens is 3. The summed E-state index contributed by atoms with van der Waals surface area (Å²) in [5.41, 5.74) is 0.0134. The Balaban J connectivity index is 2.92. The molecule has 0 saturated heterocycles. The van der Waals surface area contributed by atoms with Gasteiger partial charge in [0.1, 0.15) is 5.82 Å². The summed E-state index contributed by atoms with van der Waals surface area (Å²) in [5, 5.41) is 2.88. The number of hydrogen-bond donors (Lipinski definition) is 1. The van der Waals surface area contributed by atoms with Crippen molar-refractivity contribution in [1.82, 2.24) is 0 Å². The van der Waals surface area contributed by atoms with Crippen LogP contribution in [-0.4, -0.2) is 6.04 Å². The fourth-order valence-corrected chi connectivity index (χ4v) is 1.57. The van der Waals surface area contributed by atoms with Crippen LogP contribution in [0.1, 0.15) is 27.2 Å². The van der Waals surface area contributed by atoms with Crippen LogP contribution in [0.4, 0.5) is 18.9 Å². The van der Waals surface area contributed by atoms with Crippen molar-refractivity contribution in [3.05, 3.63) is 29.6 Å². The molecule has 0 spiro atoms. The molecule has 0 radical (unpaired) electrons. The molecule has 1 atom stereocenters. The van der Waals surface area contributed by atoms with Gasteiger partial charge in [0, 0.05) is 18.2 Å². The summed E-state index contributed by atoms with van der Waals surface area (Å²) in [6, 6.07) is 1.46. The first-order valence-corrected chi connectivity index (χ1v) is 5.36. The number of hydrogen-bond acceptors (Lipinski definition) is 1. The van der Waals surface area contributed by atoms with E-state index in [1.54, 1.807) is 0 Å². The largest absolute Gasteiger partial charge is 0.380 e. The average Bonchev–Trinajstić information content (AvgIpc) is 2.21. The SMILES string of the molecule is CCC(Nc1cc(F)c(F)cc1F)C(C)C. The van der Waals surface area contributed by atoms with Crippen LogP contribution in [0.3, 0.4) is 0 Å². The summed E-state index contributed by atoms with van der Waals surface area (Å²) in [6.07, 6.45) is 0.788. The zero-order chi connectivity index (χ0) is 12.3. The zero-order valence-corrected chi connectivity index (χ0v) is 9.65. The Bertz CT molecular complexity index is 364. The minimum Gasteiger partial charge on any atom is -0.380 e. The molecule has 0 aliphatic carbocycles. The van der Waals surface area contributed by atoms with E-state index in [1.165, 1.54) is 0 Å². The second-order valence-corrected chi connectivity index (χ2v) is 4.15. The van der Waals surface area contributed by atoms with Gasteiger partial charge in [-0.3, -0.25) is 0 Å². The van der Waals surface area contributed by atoms with Crippen LogP contribution in [0.15, 0.2) is 12.1 Å². The lowest BCUT2D eigenvalue weighted by atomic mass is 10.0. The molecule has 0 saturated carbocycles. The lowest BCUT2D eigenvalue weighted by molar-refractivity contribution is 0.487. The highest BCUT2D eigenvalue weighted by atomic mass is 19.2. The van der Waals surface area contributed by atoms with Crippen LogP contribution in [0, 0.1) is 23.4 Å². The van der Waals surface area contributed by atoms with E-state index in [2.05, 4.69) is 5.32 Å². The van der Waals surface area contributed by atoms with Crippen molar-refractivity contribution in [3.8, 4) is 0 Å². The smallest absolute Gasteiger partial charge is 0.161 e. The molecule has 1 nitrogen and oxygen atoms in total.